The van der Waals surface area contributed by atoms with Crippen LogP contribution in [-0.2, 0) is 6.42 Å². The number of ether oxygens (including phenoxy) is 1. The molecule has 1 aromatic heterocycles. The van der Waals surface area contributed by atoms with Gasteiger partial charge >= 0.3 is 0 Å². The van der Waals surface area contributed by atoms with Crippen LogP contribution in [0.25, 0.3) is 11.3 Å². The van der Waals surface area contributed by atoms with Gasteiger partial charge in [0, 0.05) is 5.56 Å². The number of hydrogen-bond acceptors (Lipinski definition) is 3. The molecule has 2 aromatic rings. The summed E-state index contributed by atoms with van der Waals surface area (Å²) in [6.07, 6.45) is 11.4. The first-order valence-corrected chi connectivity index (χ1v) is 10.8. The molecule has 146 valence electrons. The highest BCUT2D eigenvalue weighted by Gasteiger charge is 2.18. The summed E-state index contributed by atoms with van der Waals surface area (Å²) in [5, 5.41) is 8.92. The lowest BCUT2D eigenvalue weighted by molar-refractivity contribution is 0.277. The van der Waals surface area contributed by atoms with Crippen LogP contribution < -0.4 is 4.74 Å². The van der Waals surface area contributed by atoms with E-state index in [1.165, 1.54) is 44.9 Å². The first kappa shape index (κ1) is 19.9. The third-order valence-electron chi connectivity index (χ3n) is 5.83. The topological polar surface area (TPSA) is 35.0 Å². The molecule has 1 heterocycles. The van der Waals surface area contributed by atoms with Gasteiger partial charge in [-0.05, 0) is 67.5 Å². The molecule has 1 aliphatic carbocycles. The molecule has 0 spiro atoms. The highest BCUT2D eigenvalue weighted by Crippen LogP contribution is 2.31. The quantitative estimate of drug-likeness (QED) is 0.477. The summed E-state index contributed by atoms with van der Waals surface area (Å²) in [6, 6.07) is 12.4. The standard InChI is InChI=1S/C24H34N2O/c1-3-4-5-18-27-23-15-11-21(12-16-23)24-17-14-22(25-26-24)13-10-20-8-6-19(2)7-9-20/h11-12,14-17,19-20H,3-10,13,18H2,1-2H3. The van der Waals surface area contributed by atoms with Gasteiger partial charge < -0.3 is 4.74 Å². The molecule has 1 fully saturated rings. The van der Waals surface area contributed by atoms with Gasteiger partial charge in [0.25, 0.3) is 0 Å². The van der Waals surface area contributed by atoms with Gasteiger partial charge in [-0.2, -0.15) is 10.2 Å². The van der Waals surface area contributed by atoms with Crippen LogP contribution >= 0.6 is 0 Å². The minimum absolute atomic E-state index is 0.793. The van der Waals surface area contributed by atoms with E-state index in [-0.39, 0.29) is 0 Å². The predicted octanol–water partition coefficient (Wildman–Crippen LogP) is 6.47. The molecule has 3 rings (SSSR count). The van der Waals surface area contributed by atoms with Crippen molar-refractivity contribution in [3.05, 3.63) is 42.1 Å². The number of hydrogen-bond donors (Lipinski definition) is 0. The van der Waals surface area contributed by atoms with Crippen LogP contribution in [0.1, 0.15) is 70.9 Å². The molecule has 3 nitrogen and oxygen atoms in total. The van der Waals surface area contributed by atoms with Gasteiger partial charge in [0.2, 0.25) is 0 Å². The number of rotatable bonds is 9. The van der Waals surface area contributed by atoms with E-state index in [0.29, 0.717) is 0 Å². The van der Waals surface area contributed by atoms with E-state index in [0.717, 1.165) is 54.0 Å². The number of unbranched alkanes of at least 4 members (excludes halogenated alkanes) is 2. The van der Waals surface area contributed by atoms with Crippen LogP contribution in [0.5, 0.6) is 5.75 Å². The monoisotopic (exact) mass is 366 g/mol. The number of aryl methyl sites for hydroxylation is 1. The van der Waals surface area contributed by atoms with Crippen molar-refractivity contribution in [1.82, 2.24) is 10.2 Å². The molecule has 1 aromatic carbocycles. The number of nitrogens with zero attached hydrogens (tertiary/aromatic N) is 2. The van der Waals surface area contributed by atoms with Crippen molar-refractivity contribution < 1.29 is 4.74 Å². The molecular formula is C24H34N2O. The van der Waals surface area contributed by atoms with Crippen LogP contribution in [0.15, 0.2) is 36.4 Å². The number of benzene rings is 1. The zero-order chi connectivity index (χ0) is 18.9. The van der Waals surface area contributed by atoms with Crippen LogP contribution in [0.3, 0.4) is 0 Å². The first-order valence-electron chi connectivity index (χ1n) is 10.8. The van der Waals surface area contributed by atoms with E-state index in [1.807, 2.05) is 12.1 Å². The maximum atomic E-state index is 5.78. The Balaban J connectivity index is 1.48. The molecule has 0 radical (unpaired) electrons. The molecule has 0 bridgehead atoms. The average Bonchev–Trinajstić information content (AvgIpc) is 2.72. The molecule has 0 amide bonds. The molecular weight excluding hydrogens is 332 g/mol. The third-order valence-corrected chi connectivity index (χ3v) is 5.83. The zero-order valence-corrected chi connectivity index (χ0v) is 17.0. The van der Waals surface area contributed by atoms with Crippen molar-refractivity contribution in [1.29, 1.82) is 0 Å². The second-order valence-electron chi connectivity index (χ2n) is 8.15. The van der Waals surface area contributed by atoms with Crippen molar-refractivity contribution in [2.24, 2.45) is 11.8 Å². The van der Waals surface area contributed by atoms with Crippen LogP contribution in [0.4, 0.5) is 0 Å². The molecule has 0 saturated heterocycles. The summed E-state index contributed by atoms with van der Waals surface area (Å²) in [4.78, 5) is 0. The zero-order valence-electron chi connectivity index (χ0n) is 17.0. The van der Waals surface area contributed by atoms with Crippen molar-refractivity contribution in [3.63, 3.8) is 0 Å². The molecule has 0 N–H and O–H groups in total. The molecule has 27 heavy (non-hydrogen) atoms. The van der Waals surface area contributed by atoms with Gasteiger partial charge in [-0.25, -0.2) is 0 Å². The lowest BCUT2D eigenvalue weighted by atomic mass is 9.81. The summed E-state index contributed by atoms with van der Waals surface area (Å²) < 4.78 is 5.78. The Morgan fingerprint density at radius 3 is 2.37 bits per heavy atom. The van der Waals surface area contributed by atoms with E-state index in [4.69, 9.17) is 4.74 Å². The molecule has 0 unspecified atom stereocenters. The normalized spacial score (nSPS) is 19.8. The minimum Gasteiger partial charge on any atom is -0.494 e. The van der Waals surface area contributed by atoms with Crippen molar-refractivity contribution >= 4 is 0 Å². The van der Waals surface area contributed by atoms with Crippen molar-refractivity contribution in [2.75, 3.05) is 6.61 Å². The molecule has 1 aliphatic rings. The SMILES string of the molecule is CCCCCOc1ccc(-c2ccc(CCC3CCC(C)CC3)nn2)cc1. The second kappa shape index (κ2) is 10.4. The fraction of sp³-hybridized carbons (Fsp3) is 0.583. The smallest absolute Gasteiger partial charge is 0.119 e. The van der Waals surface area contributed by atoms with E-state index >= 15 is 0 Å². The third kappa shape index (κ3) is 6.34. The first-order chi connectivity index (χ1) is 13.2. The predicted molar refractivity (Wildman–Crippen MR) is 112 cm³/mol. The second-order valence-corrected chi connectivity index (χ2v) is 8.15. The highest BCUT2D eigenvalue weighted by atomic mass is 16.5. The van der Waals surface area contributed by atoms with Gasteiger partial charge in [-0.3, -0.25) is 0 Å². The fourth-order valence-corrected chi connectivity index (χ4v) is 3.88. The van der Waals surface area contributed by atoms with Crippen LogP contribution in [0.2, 0.25) is 0 Å². The molecule has 0 atom stereocenters. The van der Waals surface area contributed by atoms with Crippen molar-refractivity contribution in [2.45, 2.75) is 71.6 Å². The summed E-state index contributed by atoms with van der Waals surface area (Å²) in [7, 11) is 0. The van der Waals surface area contributed by atoms with Gasteiger partial charge in [-0.1, -0.05) is 52.4 Å². The van der Waals surface area contributed by atoms with Crippen LogP contribution in [-0.4, -0.2) is 16.8 Å². The number of aromatic nitrogens is 2. The maximum absolute atomic E-state index is 5.78. The van der Waals surface area contributed by atoms with Crippen molar-refractivity contribution in [3.8, 4) is 17.0 Å². The van der Waals surface area contributed by atoms with E-state index in [1.54, 1.807) is 0 Å². The van der Waals surface area contributed by atoms with E-state index in [9.17, 15) is 0 Å². The summed E-state index contributed by atoms with van der Waals surface area (Å²) >= 11 is 0. The Morgan fingerprint density at radius 2 is 1.70 bits per heavy atom. The largest absolute Gasteiger partial charge is 0.494 e. The Hall–Kier alpha value is -1.90. The molecule has 0 aliphatic heterocycles. The van der Waals surface area contributed by atoms with Gasteiger partial charge in [0.1, 0.15) is 5.75 Å². The lowest BCUT2D eigenvalue weighted by Crippen LogP contribution is -2.13. The summed E-state index contributed by atoms with van der Waals surface area (Å²) in [5.41, 5.74) is 3.15. The van der Waals surface area contributed by atoms with E-state index < -0.39 is 0 Å². The minimum atomic E-state index is 0.793. The molecule has 3 heteroatoms. The summed E-state index contributed by atoms with van der Waals surface area (Å²) in [5.74, 6) is 2.74. The fourth-order valence-electron chi connectivity index (χ4n) is 3.88. The van der Waals surface area contributed by atoms with Gasteiger partial charge in [-0.15, -0.1) is 0 Å². The van der Waals surface area contributed by atoms with Gasteiger partial charge in [0.15, 0.2) is 0 Å². The molecule has 1 saturated carbocycles. The Bertz CT molecular complexity index is 658. The average molecular weight is 367 g/mol. The van der Waals surface area contributed by atoms with Crippen LogP contribution in [0, 0.1) is 11.8 Å². The maximum Gasteiger partial charge on any atom is 0.119 e. The van der Waals surface area contributed by atoms with Gasteiger partial charge in [0.05, 0.1) is 18.0 Å². The Morgan fingerprint density at radius 1 is 0.926 bits per heavy atom. The highest BCUT2D eigenvalue weighted by molar-refractivity contribution is 5.59. The summed E-state index contributed by atoms with van der Waals surface area (Å²) in [6.45, 7) is 5.38. The Kier molecular flexibility index (Phi) is 7.67. The van der Waals surface area contributed by atoms with E-state index in [2.05, 4.69) is 48.3 Å². The lowest BCUT2D eigenvalue weighted by Gasteiger charge is -2.25. The Labute approximate surface area is 164 Å².